The molecule has 0 atom stereocenters. The van der Waals surface area contributed by atoms with Gasteiger partial charge >= 0.3 is 0 Å². The second-order valence-electron chi connectivity index (χ2n) is 6.10. The van der Waals surface area contributed by atoms with Crippen LogP contribution in [0.5, 0.6) is 5.75 Å². The molecule has 3 rings (SSSR count). The van der Waals surface area contributed by atoms with Gasteiger partial charge < -0.3 is 10.1 Å². The average Bonchev–Trinajstić information content (AvgIpc) is 3.04. The topological polar surface area (TPSA) is 65.4 Å². The summed E-state index contributed by atoms with van der Waals surface area (Å²) in [4.78, 5) is 14.6. The molecule has 0 saturated carbocycles. The van der Waals surface area contributed by atoms with Crippen molar-refractivity contribution in [2.24, 2.45) is 0 Å². The van der Waals surface area contributed by atoms with Crippen LogP contribution in [0, 0.1) is 11.3 Å². The van der Waals surface area contributed by atoms with Gasteiger partial charge in [0.1, 0.15) is 11.8 Å². The molecule has 0 aliphatic carbocycles. The van der Waals surface area contributed by atoms with Gasteiger partial charge in [0.2, 0.25) is 0 Å². The minimum atomic E-state index is -0.227. The molecule has 0 bridgehead atoms. The van der Waals surface area contributed by atoms with Gasteiger partial charge in [-0.25, -0.2) is 0 Å². The molecular weight excluding hydrogens is 350 g/mol. The minimum Gasteiger partial charge on any atom is -0.482 e. The molecule has 1 N–H and O–H groups in total. The maximum atomic E-state index is 12.3. The molecular formula is C20H22ClN3O2. The third-order valence-corrected chi connectivity index (χ3v) is 4.23. The van der Waals surface area contributed by atoms with Gasteiger partial charge in [-0.3, -0.25) is 9.69 Å². The van der Waals surface area contributed by atoms with Crippen molar-refractivity contribution < 1.29 is 9.53 Å². The number of nitrogens with one attached hydrogen (secondary N) is 1. The fraction of sp³-hybridized carbons (Fsp3) is 0.300. The van der Waals surface area contributed by atoms with Gasteiger partial charge in [0.25, 0.3) is 5.91 Å². The molecule has 26 heavy (non-hydrogen) atoms. The van der Waals surface area contributed by atoms with Gasteiger partial charge in [0.05, 0.1) is 5.56 Å². The fourth-order valence-electron chi connectivity index (χ4n) is 3.10. The lowest BCUT2D eigenvalue weighted by molar-refractivity contribution is -0.118. The number of rotatable bonds is 6. The Morgan fingerprint density at radius 2 is 2.04 bits per heavy atom. The van der Waals surface area contributed by atoms with Gasteiger partial charge in [0, 0.05) is 18.8 Å². The van der Waals surface area contributed by atoms with Crippen LogP contribution in [0.1, 0.15) is 30.0 Å². The lowest BCUT2D eigenvalue weighted by Crippen LogP contribution is -2.21. The Labute approximate surface area is 160 Å². The smallest absolute Gasteiger partial charge is 0.262 e. The molecule has 5 nitrogen and oxygen atoms in total. The number of amides is 1. The molecule has 2 aromatic carbocycles. The first-order valence-corrected chi connectivity index (χ1v) is 8.46. The molecule has 1 heterocycles. The predicted octanol–water partition coefficient (Wildman–Crippen LogP) is 3.72. The number of ether oxygens (including phenoxy) is 1. The summed E-state index contributed by atoms with van der Waals surface area (Å²) in [6, 6.07) is 15.0. The van der Waals surface area contributed by atoms with E-state index in [2.05, 4.69) is 29.3 Å². The van der Waals surface area contributed by atoms with E-state index in [-0.39, 0.29) is 24.9 Å². The summed E-state index contributed by atoms with van der Waals surface area (Å²) in [6.07, 6.45) is 1.11. The zero-order valence-electron chi connectivity index (χ0n) is 14.7. The van der Waals surface area contributed by atoms with E-state index in [1.807, 2.05) is 12.1 Å². The van der Waals surface area contributed by atoms with E-state index in [0.29, 0.717) is 11.3 Å². The first-order chi connectivity index (χ1) is 12.2. The molecule has 136 valence electrons. The first-order valence-electron chi connectivity index (χ1n) is 8.46. The number of carbonyl (C=O) groups is 1. The highest BCUT2D eigenvalue weighted by Gasteiger charge is 2.21. The standard InChI is InChI=1S/C20H21N3O2.ClH/c1-2-10-23-12-16-7-5-8-18(17(16)13-23)22-20(24)14-25-19-9-4-3-6-15(19)11-21;/h3-9H,2,10,12-14H2,1H3,(H,22,24);1H. The van der Waals surface area contributed by atoms with Crippen LogP contribution in [-0.2, 0) is 17.9 Å². The molecule has 1 aliphatic rings. The van der Waals surface area contributed by atoms with Crippen molar-refractivity contribution in [2.45, 2.75) is 26.4 Å². The van der Waals surface area contributed by atoms with Crippen molar-refractivity contribution in [3.8, 4) is 11.8 Å². The molecule has 6 heteroatoms. The second-order valence-corrected chi connectivity index (χ2v) is 6.10. The largest absolute Gasteiger partial charge is 0.482 e. The third kappa shape index (κ3) is 4.54. The van der Waals surface area contributed by atoms with Gasteiger partial charge in [-0.2, -0.15) is 5.26 Å². The lowest BCUT2D eigenvalue weighted by Gasteiger charge is -2.13. The van der Waals surface area contributed by atoms with Gasteiger partial charge in [-0.05, 0) is 42.3 Å². The zero-order valence-corrected chi connectivity index (χ0v) is 15.5. The molecule has 0 aromatic heterocycles. The van der Waals surface area contributed by atoms with Crippen molar-refractivity contribution in [1.82, 2.24) is 4.90 Å². The second kappa shape index (κ2) is 9.23. The number of nitrogens with zero attached hydrogens (tertiary/aromatic N) is 2. The van der Waals surface area contributed by atoms with Crippen LogP contribution in [0.15, 0.2) is 42.5 Å². The van der Waals surface area contributed by atoms with E-state index in [9.17, 15) is 4.79 Å². The number of benzene rings is 2. The summed E-state index contributed by atoms with van der Waals surface area (Å²) in [5.41, 5.74) is 3.72. The van der Waals surface area contributed by atoms with Crippen LogP contribution in [0.3, 0.4) is 0 Å². The van der Waals surface area contributed by atoms with Crippen molar-refractivity contribution in [3.63, 3.8) is 0 Å². The third-order valence-electron chi connectivity index (χ3n) is 4.23. The van der Waals surface area contributed by atoms with Crippen LogP contribution >= 0.6 is 12.4 Å². The SMILES string of the molecule is CCCN1Cc2cccc(NC(=O)COc3ccccc3C#N)c2C1.Cl. The molecule has 0 unspecified atom stereocenters. The monoisotopic (exact) mass is 371 g/mol. The van der Waals surface area contributed by atoms with Gasteiger partial charge in [0.15, 0.2) is 6.61 Å². The summed E-state index contributed by atoms with van der Waals surface area (Å²) >= 11 is 0. The molecule has 1 aliphatic heterocycles. The van der Waals surface area contributed by atoms with Crippen LogP contribution < -0.4 is 10.1 Å². The molecule has 0 fully saturated rings. The highest BCUT2D eigenvalue weighted by molar-refractivity contribution is 5.93. The number of fused-ring (bicyclic) bond motifs is 1. The average molecular weight is 372 g/mol. The van der Waals surface area contributed by atoms with Crippen molar-refractivity contribution >= 4 is 24.0 Å². The Balaban J connectivity index is 0.00000243. The Morgan fingerprint density at radius 1 is 1.23 bits per heavy atom. The number of hydrogen-bond acceptors (Lipinski definition) is 4. The summed E-state index contributed by atoms with van der Waals surface area (Å²) in [7, 11) is 0. The number of anilines is 1. The van der Waals surface area contributed by atoms with Crippen LogP contribution in [0.25, 0.3) is 0 Å². The summed E-state index contributed by atoms with van der Waals surface area (Å²) in [5.74, 6) is 0.197. The number of para-hydroxylation sites is 1. The first kappa shape index (κ1) is 19.8. The Morgan fingerprint density at radius 3 is 2.81 bits per heavy atom. The predicted molar refractivity (Wildman–Crippen MR) is 103 cm³/mol. The van der Waals surface area contributed by atoms with Crippen LogP contribution in [-0.4, -0.2) is 24.0 Å². The fourth-order valence-corrected chi connectivity index (χ4v) is 3.10. The number of halogens is 1. The Kier molecular flexibility index (Phi) is 7.02. The highest BCUT2D eigenvalue weighted by Crippen LogP contribution is 2.29. The van der Waals surface area contributed by atoms with Gasteiger partial charge in [-0.15, -0.1) is 12.4 Å². The summed E-state index contributed by atoms with van der Waals surface area (Å²) < 4.78 is 5.50. The van der Waals surface area contributed by atoms with Crippen molar-refractivity contribution in [1.29, 1.82) is 5.26 Å². The van der Waals surface area contributed by atoms with E-state index in [4.69, 9.17) is 10.00 Å². The van der Waals surface area contributed by atoms with Crippen molar-refractivity contribution in [3.05, 3.63) is 59.2 Å². The number of carbonyl (C=O) groups excluding carboxylic acids is 1. The molecule has 0 spiro atoms. The van der Waals surface area contributed by atoms with E-state index in [1.165, 1.54) is 11.1 Å². The normalized spacial score (nSPS) is 12.6. The maximum Gasteiger partial charge on any atom is 0.262 e. The van der Waals surface area contributed by atoms with E-state index >= 15 is 0 Å². The van der Waals surface area contributed by atoms with E-state index < -0.39 is 0 Å². The van der Waals surface area contributed by atoms with Crippen LogP contribution in [0.2, 0.25) is 0 Å². The van der Waals surface area contributed by atoms with E-state index in [0.717, 1.165) is 31.7 Å². The quantitative estimate of drug-likeness (QED) is 0.840. The summed E-state index contributed by atoms with van der Waals surface area (Å²) in [5, 5.41) is 12.0. The number of hydrogen-bond donors (Lipinski definition) is 1. The molecule has 0 radical (unpaired) electrons. The highest BCUT2D eigenvalue weighted by atomic mass is 35.5. The zero-order chi connectivity index (χ0) is 17.6. The molecule has 0 saturated heterocycles. The van der Waals surface area contributed by atoms with E-state index in [1.54, 1.807) is 24.3 Å². The summed E-state index contributed by atoms with van der Waals surface area (Å²) in [6.45, 7) is 4.88. The number of nitriles is 1. The molecule has 1 amide bonds. The lowest BCUT2D eigenvalue weighted by atomic mass is 10.1. The Hall–Kier alpha value is -2.55. The maximum absolute atomic E-state index is 12.3. The van der Waals surface area contributed by atoms with Gasteiger partial charge in [-0.1, -0.05) is 31.2 Å². The Bertz CT molecular complexity index is 817. The minimum absolute atomic E-state index is 0. The van der Waals surface area contributed by atoms with Crippen molar-refractivity contribution in [2.75, 3.05) is 18.5 Å². The molecule has 2 aromatic rings. The van der Waals surface area contributed by atoms with Crippen LogP contribution in [0.4, 0.5) is 5.69 Å².